The summed E-state index contributed by atoms with van der Waals surface area (Å²) in [7, 11) is 0. The average molecular weight is 152 g/mol. The van der Waals surface area contributed by atoms with Crippen molar-refractivity contribution in [2.75, 3.05) is 5.73 Å². The molecule has 0 radical (unpaired) electrons. The van der Waals surface area contributed by atoms with Crippen LogP contribution in [0.2, 0.25) is 0 Å². The topological polar surface area (TPSA) is 67.1 Å². The van der Waals surface area contributed by atoms with Gasteiger partial charge in [0.05, 0.1) is 0 Å². The van der Waals surface area contributed by atoms with Crippen LogP contribution in [0, 0.1) is 0 Å². The molecule has 4 heteroatoms. The monoisotopic (exact) mass is 152 g/mol. The molecule has 0 fully saturated rings. The van der Waals surface area contributed by atoms with Crippen molar-refractivity contribution >= 4 is 18.4 Å². The van der Waals surface area contributed by atoms with Crippen molar-refractivity contribution in [1.29, 1.82) is 0 Å². The average Bonchev–Trinajstić information content (AvgIpc) is 2.31. The van der Waals surface area contributed by atoms with E-state index >= 15 is 0 Å². The Morgan fingerprint density at radius 1 is 1.64 bits per heavy atom. The molecule has 0 bridgehead atoms. The Hall–Kier alpha value is -1.32. The molecular weight excluding hydrogens is 140 g/mol. The Labute approximate surface area is 65.6 Å². The molecule has 0 unspecified atom stereocenters. The SMILES string of the molecule is C=Nc1nc(C(C)C)[nH]c1N. The predicted octanol–water partition coefficient (Wildman–Crippen LogP) is 1.45. The molecule has 0 atom stereocenters. The Morgan fingerprint density at radius 3 is 2.55 bits per heavy atom. The summed E-state index contributed by atoms with van der Waals surface area (Å²) in [5.74, 6) is 2.18. The van der Waals surface area contributed by atoms with Gasteiger partial charge in [-0.2, -0.15) is 0 Å². The van der Waals surface area contributed by atoms with Crippen LogP contribution in [0.25, 0.3) is 0 Å². The minimum absolute atomic E-state index is 0.341. The van der Waals surface area contributed by atoms with Gasteiger partial charge in [-0.1, -0.05) is 13.8 Å². The predicted molar refractivity (Wildman–Crippen MR) is 46.3 cm³/mol. The standard InChI is InChI=1S/C7H12N4/c1-4(2)6-10-5(8)7(9-3)11-6/h4H,3,8H2,1-2H3,(H,10,11). The largest absolute Gasteiger partial charge is 0.382 e. The number of nitrogens with one attached hydrogen (secondary N) is 1. The van der Waals surface area contributed by atoms with Gasteiger partial charge in [0.15, 0.2) is 5.82 Å². The molecule has 0 saturated heterocycles. The number of H-pyrrole nitrogens is 1. The number of nitrogens with two attached hydrogens (primary N) is 1. The highest BCUT2D eigenvalue weighted by molar-refractivity contribution is 5.56. The molecule has 0 spiro atoms. The lowest BCUT2D eigenvalue weighted by atomic mass is 10.2. The van der Waals surface area contributed by atoms with Crippen molar-refractivity contribution in [2.24, 2.45) is 4.99 Å². The van der Waals surface area contributed by atoms with Crippen LogP contribution in [0.3, 0.4) is 0 Å². The number of anilines is 1. The molecule has 0 aliphatic rings. The molecule has 1 rings (SSSR count). The van der Waals surface area contributed by atoms with Gasteiger partial charge >= 0.3 is 0 Å². The van der Waals surface area contributed by atoms with E-state index in [0.717, 1.165) is 5.82 Å². The molecule has 0 aromatic carbocycles. The number of nitrogens with zero attached hydrogens (tertiary/aromatic N) is 2. The molecule has 0 aliphatic heterocycles. The molecule has 0 saturated carbocycles. The van der Waals surface area contributed by atoms with E-state index in [1.54, 1.807) is 0 Å². The zero-order valence-corrected chi connectivity index (χ0v) is 6.76. The van der Waals surface area contributed by atoms with Crippen LogP contribution < -0.4 is 5.73 Å². The lowest BCUT2D eigenvalue weighted by Crippen LogP contribution is -1.90. The molecule has 1 aromatic rings. The first-order valence-corrected chi connectivity index (χ1v) is 3.47. The van der Waals surface area contributed by atoms with Gasteiger partial charge in [0.2, 0.25) is 0 Å². The van der Waals surface area contributed by atoms with Gasteiger partial charge < -0.3 is 10.7 Å². The van der Waals surface area contributed by atoms with Crippen molar-refractivity contribution in [3.05, 3.63) is 5.82 Å². The second kappa shape index (κ2) is 2.74. The molecule has 60 valence electrons. The number of nitrogen functional groups attached to an aromatic ring is 1. The highest BCUT2D eigenvalue weighted by atomic mass is 15.1. The summed E-state index contributed by atoms with van der Waals surface area (Å²) in [5.41, 5.74) is 5.54. The fourth-order valence-electron chi connectivity index (χ4n) is 0.790. The lowest BCUT2D eigenvalue weighted by Gasteiger charge is -1.95. The van der Waals surface area contributed by atoms with E-state index in [0.29, 0.717) is 17.6 Å². The van der Waals surface area contributed by atoms with Gasteiger partial charge in [0, 0.05) is 5.92 Å². The number of rotatable bonds is 2. The van der Waals surface area contributed by atoms with Gasteiger partial charge in [-0.05, 0) is 6.72 Å². The van der Waals surface area contributed by atoms with Crippen molar-refractivity contribution in [3.63, 3.8) is 0 Å². The molecular formula is C7H12N4. The first-order valence-electron chi connectivity index (χ1n) is 3.47. The second-order valence-electron chi connectivity index (χ2n) is 2.67. The number of imidazole rings is 1. The van der Waals surface area contributed by atoms with E-state index in [4.69, 9.17) is 5.73 Å². The molecule has 1 aromatic heterocycles. The lowest BCUT2D eigenvalue weighted by molar-refractivity contribution is 0.795. The summed E-state index contributed by atoms with van der Waals surface area (Å²) in [6.07, 6.45) is 0. The van der Waals surface area contributed by atoms with Gasteiger partial charge in [0.1, 0.15) is 11.6 Å². The van der Waals surface area contributed by atoms with Crippen molar-refractivity contribution < 1.29 is 0 Å². The van der Waals surface area contributed by atoms with Crippen LogP contribution in [0.5, 0.6) is 0 Å². The summed E-state index contributed by atoms with van der Waals surface area (Å²) < 4.78 is 0. The third-order valence-electron chi connectivity index (χ3n) is 1.43. The maximum atomic E-state index is 5.54. The zero-order valence-electron chi connectivity index (χ0n) is 6.76. The quantitative estimate of drug-likeness (QED) is 0.630. The smallest absolute Gasteiger partial charge is 0.194 e. The Bertz CT molecular complexity index is 261. The van der Waals surface area contributed by atoms with Gasteiger partial charge in [-0.15, -0.1) is 0 Å². The van der Waals surface area contributed by atoms with Crippen LogP contribution in [0.4, 0.5) is 11.6 Å². The van der Waals surface area contributed by atoms with Crippen molar-refractivity contribution in [1.82, 2.24) is 9.97 Å². The van der Waals surface area contributed by atoms with E-state index in [-0.39, 0.29) is 0 Å². The summed E-state index contributed by atoms with van der Waals surface area (Å²) in [6, 6.07) is 0. The summed E-state index contributed by atoms with van der Waals surface area (Å²) >= 11 is 0. The fraction of sp³-hybridized carbons (Fsp3) is 0.429. The summed E-state index contributed by atoms with van der Waals surface area (Å²) in [5, 5.41) is 0. The van der Waals surface area contributed by atoms with Crippen molar-refractivity contribution in [3.8, 4) is 0 Å². The number of aromatic amines is 1. The zero-order chi connectivity index (χ0) is 8.43. The molecule has 3 N–H and O–H groups in total. The molecule has 11 heavy (non-hydrogen) atoms. The van der Waals surface area contributed by atoms with Gasteiger partial charge in [-0.3, -0.25) is 0 Å². The minimum atomic E-state index is 0.341. The highest BCUT2D eigenvalue weighted by Crippen LogP contribution is 2.21. The van der Waals surface area contributed by atoms with E-state index in [2.05, 4.69) is 21.7 Å². The third-order valence-corrected chi connectivity index (χ3v) is 1.43. The summed E-state index contributed by atoms with van der Waals surface area (Å²) in [6.45, 7) is 7.42. The summed E-state index contributed by atoms with van der Waals surface area (Å²) in [4.78, 5) is 10.7. The van der Waals surface area contributed by atoms with E-state index in [9.17, 15) is 0 Å². The third kappa shape index (κ3) is 1.39. The number of aromatic nitrogens is 2. The Morgan fingerprint density at radius 2 is 2.27 bits per heavy atom. The van der Waals surface area contributed by atoms with Gasteiger partial charge in [-0.25, -0.2) is 9.98 Å². The maximum Gasteiger partial charge on any atom is 0.194 e. The second-order valence-corrected chi connectivity index (χ2v) is 2.67. The first kappa shape index (κ1) is 7.78. The molecule has 1 heterocycles. The van der Waals surface area contributed by atoms with Crippen LogP contribution in [0.15, 0.2) is 4.99 Å². The molecule has 0 amide bonds. The molecule has 4 nitrogen and oxygen atoms in total. The maximum absolute atomic E-state index is 5.54. The van der Waals surface area contributed by atoms with Crippen LogP contribution >= 0.6 is 0 Å². The van der Waals surface area contributed by atoms with E-state index in [1.807, 2.05) is 13.8 Å². The number of hydrogen-bond donors (Lipinski definition) is 2. The number of aliphatic imine (C=N–C) groups is 1. The van der Waals surface area contributed by atoms with Crippen LogP contribution in [0.1, 0.15) is 25.6 Å². The Balaban J connectivity index is 3.04. The normalized spacial score (nSPS) is 10.5. The van der Waals surface area contributed by atoms with Crippen molar-refractivity contribution in [2.45, 2.75) is 19.8 Å². The van der Waals surface area contributed by atoms with E-state index < -0.39 is 0 Å². The Kier molecular flexibility index (Phi) is 1.94. The highest BCUT2D eigenvalue weighted by Gasteiger charge is 2.07. The van der Waals surface area contributed by atoms with Crippen LogP contribution in [-0.2, 0) is 0 Å². The van der Waals surface area contributed by atoms with Crippen LogP contribution in [-0.4, -0.2) is 16.7 Å². The minimum Gasteiger partial charge on any atom is -0.382 e. The van der Waals surface area contributed by atoms with Gasteiger partial charge in [0.25, 0.3) is 0 Å². The first-order chi connectivity index (χ1) is 5.15. The molecule has 0 aliphatic carbocycles. The number of hydrogen-bond acceptors (Lipinski definition) is 3. The fourth-order valence-corrected chi connectivity index (χ4v) is 0.790. The van der Waals surface area contributed by atoms with E-state index in [1.165, 1.54) is 0 Å².